The number of aliphatic hydroxyl groups excluding tert-OH is 2. The number of hydrogen-bond acceptors (Lipinski definition) is 4. The van der Waals surface area contributed by atoms with E-state index in [1.165, 1.54) is 12.1 Å². The van der Waals surface area contributed by atoms with Crippen LogP contribution in [0.5, 0.6) is 0 Å². The summed E-state index contributed by atoms with van der Waals surface area (Å²) >= 11 is 0. The topological polar surface area (TPSA) is 56.6 Å². The molecule has 2 atom stereocenters. The van der Waals surface area contributed by atoms with E-state index in [4.69, 9.17) is 0 Å². The molecule has 0 spiro atoms. The van der Waals surface area contributed by atoms with Crippen molar-refractivity contribution in [3.63, 3.8) is 0 Å². The molecule has 4 nitrogen and oxygen atoms in total. The highest BCUT2D eigenvalue weighted by atomic mass is 19.4. The summed E-state index contributed by atoms with van der Waals surface area (Å²) in [5.41, 5.74) is -1.50. The predicted octanol–water partition coefficient (Wildman–Crippen LogP) is 2.45. The van der Waals surface area contributed by atoms with Crippen LogP contribution in [0.2, 0.25) is 0 Å². The average molecular weight is 318 g/mol. The number of halogens is 3. The van der Waals surface area contributed by atoms with Gasteiger partial charge in [-0.15, -0.1) is 0 Å². The van der Waals surface area contributed by atoms with Gasteiger partial charge in [-0.3, -0.25) is 0 Å². The zero-order valence-electron chi connectivity index (χ0n) is 12.5. The Morgan fingerprint density at radius 3 is 2.68 bits per heavy atom. The first-order chi connectivity index (χ1) is 10.3. The third-order valence-corrected chi connectivity index (χ3v) is 4.39. The molecular weight excluding hydrogens is 297 g/mol. The zero-order valence-corrected chi connectivity index (χ0v) is 12.5. The van der Waals surface area contributed by atoms with Crippen LogP contribution in [0.15, 0.2) is 18.2 Å². The molecule has 1 aromatic rings. The molecule has 1 aliphatic rings. The van der Waals surface area contributed by atoms with Gasteiger partial charge in [0.25, 0.3) is 0 Å². The van der Waals surface area contributed by atoms with Crippen molar-refractivity contribution in [2.75, 3.05) is 24.6 Å². The molecule has 1 fully saturated rings. The molecular formula is C15H21F3N2O2. The van der Waals surface area contributed by atoms with Crippen molar-refractivity contribution >= 4 is 5.82 Å². The summed E-state index contributed by atoms with van der Waals surface area (Å²) in [4.78, 5) is 5.29. The Morgan fingerprint density at radius 1 is 1.41 bits per heavy atom. The van der Waals surface area contributed by atoms with Crippen molar-refractivity contribution in [2.24, 2.45) is 5.41 Å². The first kappa shape index (κ1) is 17.0. The Labute approximate surface area is 127 Å². The summed E-state index contributed by atoms with van der Waals surface area (Å²) in [7, 11) is 0. The molecule has 7 heteroatoms. The van der Waals surface area contributed by atoms with E-state index >= 15 is 0 Å². The van der Waals surface area contributed by atoms with Crippen LogP contribution in [-0.2, 0) is 6.18 Å². The van der Waals surface area contributed by atoms with E-state index < -0.39 is 23.4 Å². The van der Waals surface area contributed by atoms with Crippen molar-refractivity contribution in [3.05, 3.63) is 23.9 Å². The van der Waals surface area contributed by atoms with Gasteiger partial charge in [-0.2, -0.15) is 13.2 Å². The Hall–Kier alpha value is -1.34. The van der Waals surface area contributed by atoms with Crippen LogP contribution < -0.4 is 4.90 Å². The number of hydrogen-bond donors (Lipinski definition) is 2. The molecule has 0 saturated carbocycles. The highest BCUT2D eigenvalue weighted by molar-refractivity contribution is 5.41. The largest absolute Gasteiger partial charge is 0.433 e. The quantitative estimate of drug-likeness (QED) is 0.895. The Bertz CT molecular complexity index is 510. The lowest BCUT2D eigenvalue weighted by molar-refractivity contribution is -0.141. The number of aliphatic hydroxyl groups is 2. The van der Waals surface area contributed by atoms with Crippen molar-refractivity contribution in [3.8, 4) is 0 Å². The monoisotopic (exact) mass is 318 g/mol. The highest BCUT2D eigenvalue weighted by Crippen LogP contribution is 2.37. The summed E-state index contributed by atoms with van der Waals surface area (Å²) in [6.07, 6.45) is -3.23. The minimum absolute atomic E-state index is 0.119. The molecule has 0 bridgehead atoms. The minimum atomic E-state index is -4.48. The van der Waals surface area contributed by atoms with Gasteiger partial charge in [0.15, 0.2) is 0 Å². The van der Waals surface area contributed by atoms with Crippen LogP contribution in [-0.4, -0.2) is 41.0 Å². The number of rotatable bonds is 4. The number of β-amino-alcohol motifs (C(OH)–C–C–N with tert-alkyl or cyclic N) is 1. The maximum atomic E-state index is 12.7. The molecule has 0 amide bonds. The number of pyridine rings is 1. The minimum Gasteiger partial charge on any atom is -0.396 e. The lowest BCUT2D eigenvalue weighted by Crippen LogP contribution is -2.53. The van der Waals surface area contributed by atoms with Gasteiger partial charge in [-0.25, -0.2) is 4.98 Å². The summed E-state index contributed by atoms with van der Waals surface area (Å²) in [6.45, 7) is 2.50. The molecule has 2 heterocycles. The van der Waals surface area contributed by atoms with Crippen LogP contribution in [0.25, 0.3) is 0 Å². The molecule has 1 saturated heterocycles. The van der Waals surface area contributed by atoms with Crippen molar-refractivity contribution in [1.29, 1.82) is 0 Å². The van der Waals surface area contributed by atoms with Crippen molar-refractivity contribution in [2.45, 2.75) is 38.5 Å². The molecule has 2 N–H and O–H groups in total. The number of nitrogens with zero attached hydrogens (tertiary/aromatic N) is 2. The number of aromatic nitrogens is 1. The van der Waals surface area contributed by atoms with Crippen molar-refractivity contribution < 1.29 is 23.4 Å². The smallest absolute Gasteiger partial charge is 0.396 e. The van der Waals surface area contributed by atoms with Gasteiger partial charge in [0.2, 0.25) is 0 Å². The number of piperidine rings is 1. The number of alkyl halides is 3. The van der Waals surface area contributed by atoms with Gasteiger partial charge in [0.05, 0.1) is 12.7 Å². The average Bonchev–Trinajstić information content (AvgIpc) is 2.49. The molecule has 124 valence electrons. The molecule has 0 aromatic carbocycles. The Kier molecular flexibility index (Phi) is 4.97. The number of anilines is 1. The predicted molar refractivity (Wildman–Crippen MR) is 76.5 cm³/mol. The summed E-state index contributed by atoms with van der Waals surface area (Å²) in [5, 5.41) is 20.0. The van der Waals surface area contributed by atoms with Crippen LogP contribution >= 0.6 is 0 Å². The van der Waals surface area contributed by atoms with E-state index in [0.29, 0.717) is 19.4 Å². The summed E-state index contributed by atoms with van der Waals surface area (Å²) in [6, 6.07) is 3.75. The van der Waals surface area contributed by atoms with Crippen LogP contribution in [0.3, 0.4) is 0 Å². The van der Waals surface area contributed by atoms with Gasteiger partial charge in [0.1, 0.15) is 11.5 Å². The third-order valence-electron chi connectivity index (χ3n) is 4.39. The lowest BCUT2D eigenvalue weighted by Gasteiger charge is -2.45. The highest BCUT2D eigenvalue weighted by Gasteiger charge is 2.41. The molecule has 2 rings (SSSR count). The van der Waals surface area contributed by atoms with E-state index in [1.54, 1.807) is 4.90 Å². The third kappa shape index (κ3) is 3.35. The van der Waals surface area contributed by atoms with Gasteiger partial charge in [-0.05, 0) is 25.0 Å². The maximum absolute atomic E-state index is 12.7. The first-order valence-electron chi connectivity index (χ1n) is 7.40. The summed E-state index contributed by atoms with van der Waals surface area (Å²) < 4.78 is 38.2. The van der Waals surface area contributed by atoms with E-state index in [9.17, 15) is 23.4 Å². The van der Waals surface area contributed by atoms with E-state index in [1.807, 2.05) is 6.92 Å². The van der Waals surface area contributed by atoms with Crippen molar-refractivity contribution in [1.82, 2.24) is 4.98 Å². The van der Waals surface area contributed by atoms with Gasteiger partial charge in [0, 0.05) is 18.5 Å². The standard InChI is InChI=1S/C15H21F3N2O2/c1-2-6-14(10-21)7-8-20(9-12(14)22)13-5-3-4-11(19-13)15(16,17)18/h3-5,12,21-22H,2,6-10H2,1H3/t12-,14+/m0/s1. The van der Waals surface area contributed by atoms with E-state index in [0.717, 1.165) is 12.5 Å². The van der Waals surface area contributed by atoms with Crippen LogP contribution in [0, 0.1) is 5.41 Å². The molecule has 0 unspecified atom stereocenters. The Morgan fingerprint density at radius 2 is 2.14 bits per heavy atom. The second kappa shape index (κ2) is 6.42. The van der Waals surface area contributed by atoms with Crippen LogP contribution in [0.1, 0.15) is 31.9 Å². The molecule has 1 aliphatic heterocycles. The normalized spacial score (nSPS) is 26.3. The zero-order chi connectivity index (χ0) is 16.4. The van der Waals surface area contributed by atoms with E-state index in [-0.39, 0.29) is 19.0 Å². The van der Waals surface area contributed by atoms with E-state index in [2.05, 4.69) is 4.98 Å². The fraction of sp³-hybridized carbons (Fsp3) is 0.667. The Balaban J connectivity index is 2.17. The SMILES string of the molecule is CCC[C@]1(CO)CCN(c2cccc(C(F)(F)F)n2)C[C@@H]1O. The van der Waals surface area contributed by atoms with Gasteiger partial charge in [-0.1, -0.05) is 19.4 Å². The molecule has 0 radical (unpaired) electrons. The lowest BCUT2D eigenvalue weighted by atomic mass is 9.73. The summed E-state index contributed by atoms with van der Waals surface area (Å²) in [5.74, 6) is 0.205. The fourth-order valence-corrected chi connectivity index (χ4v) is 3.04. The first-order valence-corrected chi connectivity index (χ1v) is 7.40. The molecule has 1 aromatic heterocycles. The molecule has 22 heavy (non-hydrogen) atoms. The van der Waals surface area contributed by atoms with Crippen LogP contribution in [0.4, 0.5) is 19.0 Å². The fourth-order valence-electron chi connectivity index (χ4n) is 3.04. The second-order valence-electron chi connectivity index (χ2n) is 5.86. The molecule has 0 aliphatic carbocycles. The van der Waals surface area contributed by atoms with Gasteiger partial charge < -0.3 is 15.1 Å². The second-order valence-corrected chi connectivity index (χ2v) is 5.86. The van der Waals surface area contributed by atoms with Gasteiger partial charge >= 0.3 is 6.18 Å². The maximum Gasteiger partial charge on any atom is 0.433 e.